The Morgan fingerprint density at radius 3 is 1.28 bits per heavy atom. The summed E-state index contributed by atoms with van der Waals surface area (Å²) in [5.74, 6) is 0.0748. The fourth-order valence-corrected chi connectivity index (χ4v) is 3.69. The Balaban J connectivity index is 1.32. The van der Waals surface area contributed by atoms with Gasteiger partial charge in [0.15, 0.2) is 36.4 Å². The lowest BCUT2D eigenvalue weighted by atomic mass is 10.1. The van der Waals surface area contributed by atoms with Crippen molar-refractivity contribution < 1.29 is 18.7 Å². The van der Waals surface area contributed by atoms with E-state index in [0.29, 0.717) is 22.3 Å². The Kier molecular flexibility index (Phi) is 6.93. The molecule has 32 heavy (non-hydrogen) atoms. The highest BCUT2D eigenvalue weighted by molar-refractivity contribution is 6.09. The summed E-state index contributed by atoms with van der Waals surface area (Å²) >= 11 is 0. The highest BCUT2D eigenvalue weighted by atomic mass is 16.1. The van der Waals surface area contributed by atoms with E-state index in [2.05, 4.69) is 9.13 Å². The van der Waals surface area contributed by atoms with Gasteiger partial charge in [-0.2, -0.15) is 0 Å². The van der Waals surface area contributed by atoms with Crippen LogP contribution in [0.15, 0.2) is 110 Å². The van der Waals surface area contributed by atoms with Gasteiger partial charge >= 0.3 is 0 Å². The fraction of sp³-hybridized carbons (Fsp3) is 0.143. The van der Waals surface area contributed by atoms with Crippen molar-refractivity contribution in [3.05, 3.63) is 132 Å². The van der Waals surface area contributed by atoms with Crippen LogP contribution in [0.3, 0.4) is 0 Å². The molecule has 2 aromatic carbocycles. The number of hydrogen-bond acceptors (Lipinski definition) is 2. The van der Waals surface area contributed by atoms with Crippen LogP contribution in [0.1, 0.15) is 44.7 Å². The number of pyridine rings is 2. The van der Waals surface area contributed by atoms with Crippen molar-refractivity contribution >= 4 is 11.6 Å². The molecule has 0 aliphatic carbocycles. The van der Waals surface area contributed by atoms with Crippen molar-refractivity contribution in [1.29, 1.82) is 0 Å². The van der Waals surface area contributed by atoms with E-state index in [0.717, 1.165) is 25.9 Å². The largest absolute Gasteiger partial charge is 0.288 e. The highest BCUT2D eigenvalue weighted by Gasteiger charge is 2.14. The van der Waals surface area contributed by atoms with Crippen LogP contribution in [0.4, 0.5) is 0 Å². The summed E-state index contributed by atoms with van der Waals surface area (Å²) in [6, 6.07) is 26.3. The molecule has 0 amide bonds. The monoisotopic (exact) mass is 422 g/mol. The van der Waals surface area contributed by atoms with Crippen molar-refractivity contribution in [1.82, 2.24) is 0 Å². The van der Waals surface area contributed by atoms with Crippen LogP contribution in [0, 0.1) is 0 Å². The molecule has 4 heteroatoms. The lowest BCUT2D eigenvalue weighted by molar-refractivity contribution is -0.708. The van der Waals surface area contributed by atoms with E-state index in [4.69, 9.17) is 0 Å². The van der Waals surface area contributed by atoms with Gasteiger partial charge in [-0.1, -0.05) is 60.7 Å². The summed E-state index contributed by atoms with van der Waals surface area (Å²) in [6.07, 6.45) is 9.76. The van der Waals surface area contributed by atoms with Crippen LogP contribution in [-0.4, -0.2) is 11.6 Å². The molecule has 0 bridgehead atoms. The molecule has 0 radical (unpaired) electrons. The first-order valence-corrected chi connectivity index (χ1v) is 10.9. The fourth-order valence-electron chi connectivity index (χ4n) is 3.69. The number of ketones is 2. The molecule has 2 aromatic heterocycles. The van der Waals surface area contributed by atoms with Crippen LogP contribution >= 0.6 is 0 Å². The molecule has 0 aliphatic rings. The standard InChI is InChI=1S/C28H26N2O2/c31-27(23-11-3-1-4-12-23)25-15-9-19-29(21-25)17-7-8-18-30-20-10-16-26(22-30)28(32)24-13-5-2-6-14-24/h1-6,9-16,19-22H,7-8,17-18H2/q+2. The molecule has 0 fully saturated rings. The topological polar surface area (TPSA) is 41.9 Å². The number of rotatable bonds is 9. The second kappa shape index (κ2) is 10.4. The average molecular weight is 423 g/mol. The van der Waals surface area contributed by atoms with E-state index in [1.54, 1.807) is 0 Å². The first kappa shape index (κ1) is 21.3. The maximum absolute atomic E-state index is 12.7. The third-order valence-electron chi connectivity index (χ3n) is 5.40. The van der Waals surface area contributed by atoms with Gasteiger partial charge in [-0.15, -0.1) is 0 Å². The summed E-state index contributed by atoms with van der Waals surface area (Å²) in [6.45, 7) is 1.66. The van der Waals surface area contributed by atoms with Crippen molar-refractivity contribution in [3.8, 4) is 0 Å². The van der Waals surface area contributed by atoms with E-state index in [1.165, 1.54) is 0 Å². The number of hydrogen-bond donors (Lipinski definition) is 0. The maximum Gasteiger partial charge on any atom is 0.199 e. The molecule has 4 nitrogen and oxygen atoms in total. The van der Waals surface area contributed by atoms with Gasteiger partial charge in [-0.05, 0) is 12.1 Å². The van der Waals surface area contributed by atoms with Crippen LogP contribution in [0.25, 0.3) is 0 Å². The van der Waals surface area contributed by atoms with Crippen molar-refractivity contribution in [3.63, 3.8) is 0 Å². The molecule has 0 aliphatic heterocycles. The Labute approximate surface area is 188 Å². The second-order valence-corrected chi connectivity index (χ2v) is 7.76. The van der Waals surface area contributed by atoms with Crippen LogP contribution in [0.5, 0.6) is 0 Å². The number of benzene rings is 2. The Morgan fingerprint density at radius 1 is 0.500 bits per heavy atom. The predicted molar refractivity (Wildman–Crippen MR) is 122 cm³/mol. The predicted octanol–water partition coefficient (Wildman–Crippen LogP) is 4.20. The lowest BCUT2D eigenvalue weighted by Crippen LogP contribution is -2.36. The van der Waals surface area contributed by atoms with E-state index >= 15 is 0 Å². The summed E-state index contributed by atoms with van der Waals surface area (Å²) in [5, 5.41) is 0. The van der Waals surface area contributed by atoms with E-state index in [-0.39, 0.29) is 11.6 Å². The zero-order chi connectivity index (χ0) is 22.2. The normalized spacial score (nSPS) is 10.6. The molecule has 4 aromatic rings. The molecule has 0 saturated heterocycles. The first-order valence-electron chi connectivity index (χ1n) is 10.9. The van der Waals surface area contributed by atoms with Gasteiger partial charge in [0.25, 0.3) is 0 Å². The summed E-state index contributed by atoms with van der Waals surface area (Å²) in [4.78, 5) is 25.3. The van der Waals surface area contributed by atoms with Crippen LogP contribution in [0.2, 0.25) is 0 Å². The molecule has 2 heterocycles. The van der Waals surface area contributed by atoms with Crippen molar-refractivity contribution in [2.45, 2.75) is 25.9 Å². The summed E-state index contributed by atoms with van der Waals surface area (Å²) in [7, 11) is 0. The first-order chi connectivity index (χ1) is 15.7. The van der Waals surface area contributed by atoms with Gasteiger partial charge in [0.1, 0.15) is 13.1 Å². The molecule has 4 rings (SSSR count). The van der Waals surface area contributed by atoms with Gasteiger partial charge in [0.2, 0.25) is 0 Å². The molecular weight excluding hydrogens is 396 g/mol. The zero-order valence-corrected chi connectivity index (χ0v) is 17.9. The minimum atomic E-state index is 0.0374. The Bertz CT molecular complexity index is 1110. The van der Waals surface area contributed by atoms with Crippen molar-refractivity contribution in [2.24, 2.45) is 0 Å². The van der Waals surface area contributed by atoms with Gasteiger partial charge in [-0.25, -0.2) is 9.13 Å². The quantitative estimate of drug-likeness (QED) is 0.230. The minimum Gasteiger partial charge on any atom is -0.288 e. The van der Waals surface area contributed by atoms with Crippen LogP contribution < -0.4 is 9.13 Å². The minimum absolute atomic E-state index is 0.0374. The molecule has 0 atom stereocenters. The second-order valence-electron chi connectivity index (χ2n) is 7.76. The average Bonchev–Trinajstić information content (AvgIpc) is 2.87. The number of carbonyl (C=O) groups excluding carboxylic acids is 2. The smallest absolute Gasteiger partial charge is 0.199 e. The van der Waals surface area contributed by atoms with Gasteiger partial charge in [-0.3, -0.25) is 9.59 Å². The number of aryl methyl sites for hydroxylation is 2. The molecule has 0 saturated carbocycles. The molecule has 0 unspecified atom stereocenters. The van der Waals surface area contributed by atoms with E-state index in [9.17, 15) is 9.59 Å². The molecule has 158 valence electrons. The third-order valence-corrected chi connectivity index (χ3v) is 5.40. The third kappa shape index (κ3) is 5.41. The highest BCUT2D eigenvalue weighted by Crippen LogP contribution is 2.09. The number of unbranched alkanes of at least 4 members (excludes halogenated alkanes) is 1. The van der Waals surface area contributed by atoms with Gasteiger partial charge < -0.3 is 0 Å². The van der Waals surface area contributed by atoms with E-state index in [1.807, 2.05) is 110 Å². The molecule has 0 N–H and O–H groups in total. The molecular formula is C28H26N2O2+2. The number of aromatic nitrogens is 2. The van der Waals surface area contributed by atoms with Crippen molar-refractivity contribution in [2.75, 3.05) is 0 Å². The lowest BCUT2D eigenvalue weighted by Gasteiger charge is -2.02. The van der Waals surface area contributed by atoms with Crippen LogP contribution in [-0.2, 0) is 13.1 Å². The molecule has 0 spiro atoms. The van der Waals surface area contributed by atoms with Gasteiger partial charge in [0, 0.05) is 36.1 Å². The summed E-state index contributed by atoms with van der Waals surface area (Å²) < 4.78 is 4.13. The number of carbonyl (C=O) groups is 2. The maximum atomic E-state index is 12.7. The zero-order valence-electron chi connectivity index (χ0n) is 17.9. The number of nitrogens with zero attached hydrogens (tertiary/aromatic N) is 2. The Hall–Kier alpha value is -3.92. The van der Waals surface area contributed by atoms with E-state index < -0.39 is 0 Å². The van der Waals surface area contributed by atoms with Gasteiger partial charge in [0.05, 0.1) is 11.1 Å². The summed E-state index contributed by atoms with van der Waals surface area (Å²) in [5.41, 5.74) is 2.79. The Morgan fingerprint density at radius 2 is 0.875 bits per heavy atom. The SMILES string of the molecule is O=C(c1ccccc1)c1ccc[n+](CCCC[n+]2cccc(C(=O)c3ccccc3)c2)c1.